The van der Waals surface area contributed by atoms with Crippen molar-refractivity contribution in [2.45, 2.75) is 32.0 Å². The van der Waals surface area contributed by atoms with E-state index in [0.717, 1.165) is 12.8 Å². The van der Waals surface area contributed by atoms with Crippen molar-refractivity contribution in [3.8, 4) is 0 Å². The Morgan fingerprint density at radius 1 is 1.18 bits per heavy atom. The van der Waals surface area contributed by atoms with Crippen LogP contribution in [0.5, 0.6) is 0 Å². The summed E-state index contributed by atoms with van der Waals surface area (Å²) in [6.45, 7) is 4.39. The molecule has 0 spiro atoms. The zero-order valence-corrected chi connectivity index (χ0v) is 10.3. The van der Waals surface area contributed by atoms with Gasteiger partial charge in [0.1, 0.15) is 0 Å². The van der Waals surface area contributed by atoms with Crippen LogP contribution in [0.3, 0.4) is 0 Å². The van der Waals surface area contributed by atoms with Crippen LogP contribution in [-0.2, 0) is 0 Å². The molecule has 0 saturated carbocycles. The van der Waals surface area contributed by atoms with E-state index in [0.29, 0.717) is 38.8 Å². The van der Waals surface area contributed by atoms with Crippen LogP contribution in [0.1, 0.15) is 19.8 Å². The topological polar surface area (TPSA) is 32.5 Å². The van der Waals surface area contributed by atoms with Gasteiger partial charge >= 0.3 is 6.18 Å². The van der Waals surface area contributed by atoms with Crippen molar-refractivity contribution in [1.29, 1.82) is 0 Å². The van der Waals surface area contributed by atoms with Gasteiger partial charge in [0.2, 0.25) is 0 Å². The maximum Gasteiger partial charge on any atom is 0.401 e. The summed E-state index contributed by atoms with van der Waals surface area (Å²) < 4.78 is 36.6. The van der Waals surface area contributed by atoms with Crippen molar-refractivity contribution in [3.05, 3.63) is 0 Å². The van der Waals surface area contributed by atoms with Crippen LogP contribution in [0.2, 0.25) is 0 Å². The second-order valence-corrected chi connectivity index (χ2v) is 4.57. The van der Waals surface area contributed by atoms with Gasteiger partial charge in [-0.15, -0.1) is 0 Å². The minimum atomic E-state index is -4.08. The van der Waals surface area contributed by atoms with Crippen LogP contribution < -0.4 is 5.73 Å². The molecule has 1 aliphatic heterocycles. The molecular formula is C11H22F3N3. The highest BCUT2D eigenvalue weighted by Crippen LogP contribution is 2.18. The van der Waals surface area contributed by atoms with E-state index >= 15 is 0 Å². The highest BCUT2D eigenvalue weighted by molar-refractivity contribution is 4.79. The number of hydrogen-bond acceptors (Lipinski definition) is 3. The Bertz CT molecular complexity index is 212. The molecule has 1 aliphatic rings. The van der Waals surface area contributed by atoms with Crippen LogP contribution in [-0.4, -0.2) is 61.3 Å². The van der Waals surface area contributed by atoms with Crippen molar-refractivity contribution >= 4 is 0 Å². The molecule has 0 radical (unpaired) electrons. The second-order valence-electron chi connectivity index (χ2n) is 4.57. The molecule has 0 aromatic rings. The lowest BCUT2D eigenvalue weighted by Gasteiger charge is -2.39. The second kappa shape index (κ2) is 6.56. The number of rotatable bonds is 5. The van der Waals surface area contributed by atoms with Crippen LogP contribution in [0, 0.1) is 0 Å². The fourth-order valence-electron chi connectivity index (χ4n) is 2.38. The first-order valence-corrected chi connectivity index (χ1v) is 6.19. The number of nitrogens with two attached hydrogens (primary N) is 1. The van der Waals surface area contributed by atoms with Gasteiger partial charge in [-0.3, -0.25) is 9.80 Å². The molecule has 1 saturated heterocycles. The molecule has 1 heterocycles. The van der Waals surface area contributed by atoms with E-state index in [1.54, 1.807) is 0 Å². The van der Waals surface area contributed by atoms with Crippen molar-refractivity contribution in [3.63, 3.8) is 0 Å². The lowest BCUT2D eigenvalue weighted by atomic mass is 10.1. The van der Waals surface area contributed by atoms with E-state index in [-0.39, 0.29) is 0 Å². The summed E-state index contributed by atoms with van der Waals surface area (Å²) in [5.41, 5.74) is 5.54. The Kier molecular flexibility index (Phi) is 5.69. The normalized spacial score (nSPS) is 21.7. The third-order valence-electron chi connectivity index (χ3n) is 3.30. The highest BCUT2D eigenvalue weighted by atomic mass is 19.4. The van der Waals surface area contributed by atoms with E-state index < -0.39 is 12.7 Å². The highest BCUT2D eigenvalue weighted by Gasteiger charge is 2.32. The van der Waals surface area contributed by atoms with E-state index in [1.807, 2.05) is 0 Å². The predicted octanol–water partition coefficient (Wildman–Crippen LogP) is 1.29. The van der Waals surface area contributed by atoms with Gasteiger partial charge in [-0.05, 0) is 19.4 Å². The summed E-state index contributed by atoms with van der Waals surface area (Å²) in [7, 11) is 0. The summed E-state index contributed by atoms with van der Waals surface area (Å²) in [6, 6.07) is 0.424. The summed E-state index contributed by atoms with van der Waals surface area (Å²) in [4.78, 5) is 3.74. The molecule has 6 heteroatoms. The van der Waals surface area contributed by atoms with E-state index in [9.17, 15) is 13.2 Å². The zero-order chi connectivity index (χ0) is 12.9. The Balaban J connectivity index is 2.34. The predicted molar refractivity (Wildman–Crippen MR) is 61.8 cm³/mol. The lowest BCUT2D eigenvalue weighted by Crippen LogP contribution is -2.52. The monoisotopic (exact) mass is 253 g/mol. The first-order valence-electron chi connectivity index (χ1n) is 6.19. The third kappa shape index (κ3) is 5.23. The van der Waals surface area contributed by atoms with E-state index in [2.05, 4.69) is 11.8 Å². The lowest BCUT2D eigenvalue weighted by molar-refractivity contribution is -0.149. The number of alkyl halides is 3. The SMILES string of the molecule is CCC(CCN)N1CCN(CC(F)(F)F)CC1. The van der Waals surface area contributed by atoms with Crippen molar-refractivity contribution < 1.29 is 13.2 Å². The minimum Gasteiger partial charge on any atom is -0.330 e. The fraction of sp³-hybridized carbons (Fsp3) is 1.00. The van der Waals surface area contributed by atoms with Crippen molar-refractivity contribution in [2.24, 2.45) is 5.73 Å². The first kappa shape index (κ1) is 14.7. The molecule has 0 bridgehead atoms. The molecule has 3 nitrogen and oxygen atoms in total. The zero-order valence-electron chi connectivity index (χ0n) is 10.3. The van der Waals surface area contributed by atoms with Gasteiger partial charge in [0.25, 0.3) is 0 Å². The molecule has 0 amide bonds. The molecule has 1 rings (SSSR count). The van der Waals surface area contributed by atoms with Crippen LogP contribution >= 0.6 is 0 Å². The summed E-state index contributed by atoms with van der Waals surface area (Å²) in [5.74, 6) is 0. The summed E-state index contributed by atoms with van der Waals surface area (Å²) >= 11 is 0. The summed E-state index contributed by atoms with van der Waals surface area (Å²) in [6.07, 6.45) is -2.14. The molecule has 1 atom stereocenters. The molecule has 0 aliphatic carbocycles. The van der Waals surface area contributed by atoms with Gasteiger partial charge in [-0.25, -0.2) is 0 Å². The molecule has 17 heavy (non-hydrogen) atoms. The van der Waals surface area contributed by atoms with Gasteiger partial charge in [-0.2, -0.15) is 13.2 Å². The largest absolute Gasteiger partial charge is 0.401 e. The number of piperazine rings is 1. The standard InChI is InChI=1S/C11H22F3N3/c1-2-10(3-4-15)17-7-5-16(6-8-17)9-11(12,13)14/h10H,2-9,15H2,1H3. The Morgan fingerprint density at radius 3 is 2.18 bits per heavy atom. The van der Waals surface area contributed by atoms with Gasteiger partial charge in [-0.1, -0.05) is 6.92 Å². The Labute approximate surface area is 101 Å². The first-order chi connectivity index (χ1) is 7.96. The number of hydrogen-bond donors (Lipinski definition) is 1. The van der Waals surface area contributed by atoms with E-state index in [4.69, 9.17) is 5.73 Å². The van der Waals surface area contributed by atoms with Crippen molar-refractivity contribution in [2.75, 3.05) is 39.3 Å². The average Bonchev–Trinajstić information content (AvgIpc) is 2.25. The maximum absolute atomic E-state index is 12.2. The van der Waals surface area contributed by atoms with Crippen molar-refractivity contribution in [1.82, 2.24) is 9.80 Å². The van der Waals surface area contributed by atoms with Gasteiger partial charge in [0.05, 0.1) is 6.54 Å². The van der Waals surface area contributed by atoms with E-state index in [1.165, 1.54) is 4.90 Å². The van der Waals surface area contributed by atoms with Crippen LogP contribution in [0.15, 0.2) is 0 Å². The number of halogens is 3. The fourth-order valence-corrected chi connectivity index (χ4v) is 2.38. The van der Waals surface area contributed by atoms with Gasteiger partial charge in [0.15, 0.2) is 0 Å². The summed E-state index contributed by atoms with van der Waals surface area (Å²) in [5, 5.41) is 0. The maximum atomic E-state index is 12.2. The van der Waals surface area contributed by atoms with Crippen LogP contribution in [0.25, 0.3) is 0 Å². The smallest absolute Gasteiger partial charge is 0.330 e. The quantitative estimate of drug-likeness (QED) is 0.801. The van der Waals surface area contributed by atoms with Gasteiger partial charge < -0.3 is 5.73 Å². The Morgan fingerprint density at radius 2 is 1.76 bits per heavy atom. The molecule has 102 valence electrons. The minimum absolute atomic E-state index is 0.424. The number of nitrogens with zero attached hydrogens (tertiary/aromatic N) is 2. The molecule has 0 aromatic carbocycles. The molecule has 2 N–H and O–H groups in total. The van der Waals surface area contributed by atoms with Gasteiger partial charge in [0, 0.05) is 32.2 Å². The molecule has 0 aromatic heterocycles. The molecular weight excluding hydrogens is 231 g/mol. The molecule has 1 unspecified atom stereocenters. The average molecular weight is 253 g/mol. The van der Waals surface area contributed by atoms with Crippen LogP contribution in [0.4, 0.5) is 13.2 Å². The Hall–Kier alpha value is -0.330. The third-order valence-corrected chi connectivity index (χ3v) is 3.30. The molecule has 1 fully saturated rings.